The lowest BCUT2D eigenvalue weighted by Gasteiger charge is -2.07. The lowest BCUT2D eigenvalue weighted by Crippen LogP contribution is -2.14. The number of rotatable bonds is 6. The van der Waals surface area contributed by atoms with Crippen molar-refractivity contribution in [3.63, 3.8) is 0 Å². The molecule has 0 unspecified atom stereocenters. The molecular weight excluding hydrogens is 280 g/mol. The number of methoxy groups -OCH3 is 2. The second-order valence-electron chi connectivity index (χ2n) is 4.11. The third-order valence-electron chi connectivity index (χ3n) is 2.87. The van der Waals surface area contributed by atoms with Crippen LogP contribution in [0.4, 0.5) is 0 Å². The zero-order valence-corrected chi connectivity index (χ0v) is 12.1. The van der Waals surface area contributed by atoms with Gasteiger partial charge in [0.1, 0.15) is 11.4 Å². The summed E-state index contributed by atoms with van der Waals surface area (Å²) in [5.74, 6) is 0.520. The van der Waals surface area contributed by atoms with Crippen LogP contribution in [0, 0.1) is 0 Å². The first-order chi connectivity index (χ1) is 9.67. The molecule has 2 rings (SSSR count). The summed E-state index contributed by atoms with van der Waals surface area (Å²) in [6.45, 7) is 0.932. The van der Waals surface area contributed by atoms with Gasteiger partial charge in [-0.3, -0.25) is 9.48 Å². The number of hydrogen-bond donors (Lipinski definition) is 0. The Labute approximate surface area is 122 Å². The van der Waals surface area contributed by atoms with E-state index >= 15 is 0 Å². The zero-order chi connectivity index (χ0) is 14.5. The average Bonchev–Trinajstić information content (AvgIpc) is 2.85. The topological polar surface area (TPSA) is 53.4 Å². The highest BCUT2D eigenvalue weighted by atomic mass is 35.5. The molecule has 0 saturated heterocycles. The quantitative estimate of drug-likeness (QED) is 0.768. The first-order valence-electron chi connectivity index (χ1n) is 6.06. The van der Waals surface area contributed by atoms with Gasteiger partial charge in [0.15, 0.2) is 0 Å². The van der Waals surface area contributed by atoms with Crippen LogP contribution in [-0.4, -0.2) is 36.4 Å². The highest BCUT2D eigenvalue weighted by Gasteiger charge is 2.19. The minimum absolute atomic E-state index is 0.175. The molecule has 0 spiro atoms. The van der Waals surface area contributed by atoms with E-state index in [1.165, 1.54) is 6.20 Å². The van der Waals surface area contributed by atoms with Crippen LogP contribution in [0.5, 0.6) is 5.75 Å². The summed E-state index contributed by atoms with van der Waals surface area (Å²) in [7, 11) is 3.17. The number of carbonyl (C=O) groups excluding carboxylic acids is 1. The highest BCUT2D eigenvalue weighted by Crippen LogP contribution is 2.20. The first kappa shape index (κ1) is 14.6. The predicted octanol–water partition coefficient (Wildman–Crippen LogP) is 2.42. The van der Waals surface area contributed by atoms with Crippen LogP contribution in [-0.2, 0) is 11.3 Å². The van der Waals surface area contributed by atoms with Crippen LogP contribution >= 0.6 is 11.6 Å². The lowest BCUT2D eigenvalue weighted by molar-refractivity contribution is 0.102. The Morgan fingerprint density at radius 2 is 2.00 bits per heavy atom. The molecule has 106 valence electrons. The van der Waals surface area contributed by atoms with Gasteiger partial charge in [0.25, 0.3) is 0 Å². The number of benzene rings is 1. The van der Waals surface area contributed by atoms with Crippen molar-refractivity contribution in [2.75, 3.05) is 20.8 Å². The molecule has 0 saturated carbocycles. The Kier molecular flexibility index (Phi) is 4.76. The van der Waals surface area contributed by atoms with Crippen molar-refractivity contribution in [3.05, 3.63) is 46.7 Å². The lowest BCUT2D eigenvalue weighted by atomic mass is 10.1. The molecule has 6 heteroatoms. The second kappa shape index (κ2) is 6.54. The first-order valence-corrected chi connectivity index (χ1v) is 6.44. The molecule has 20 heavy (non-hydrogen) atoms. The molecule has 1 heterocycles. The van der Waals surface area contributed by atoms with Gasteiger partial charge in [0, 0.05) is 12.7 Å². The largest absolute Gasteiger partial charge is 0.497 e. The van der Waals surface area contributed by atoms with E-state index in [9.17, 15) is 4.79 Å². The molecule has 0 aliphatic carbocycles. The molecule has 0 aliphatic heterocycles. The molecule has 1 aromatic carbocycles. The standard InChI is InChI=1S/C14H15ClN2O3/c1-19-8-7-17-13(12(15)9-16-17)14(18)10-3-5-11(20-2)6-4-10/h3-6,9H,7-8H2,1-2H3. The fraction of sp³-hybridized carbons (Fsp3) is 0.286. The van der Waals surface area contributed by atoms with Gasteiger partial charge in [-0.25, -0.2) is 0 Å². The van der Waals surface area contributed by atoms with Gasteiger partial charge in [-0.05, 0) is 24.3 Å². The van der Waals surface area contributed by atoms with E-state index in [-0.39, 0.29) is 5.78 Å². The van der Waals surface area contributed by atoms with E-state index < -0.39 is 0 Å². The second-order valence-corrected chi connectivity index (χ2v) is 4.52. The van der Waals surface area contributed by atoms with Crippen molar-refractivity contribution in [1.29, 1.82) is 0 Å². The summed E-state index contributed by atoms with van der Waals surface area (Å²) in [5.41, 5.74) is 0.903. The monoisotopic (exact) mass is 294 g/mol. The summed E-state index contributed by atoms with van der Waals surface area (Å²) in [4.78, 5) is 12.5. The Balaban J connectivity index is 2.29. The highest BCUT2D eigenvalue weighted by molar-refractivity contribution is 6.34. The normalized spacial score (nSPS) is 10.6. The van der Waals surface area contributed by atoms with E-state index in [1.54, 1.807) is 43.2 Å². The summed E-state index contributed by atoms with van der Waals surface area (Å²) < 4.78 is 11.6. The molecule has 2 aromatic rings. The fourth-order valence-electron chi connectivity index (χ4n) is 1.81. The van der Waals surface area contributed by atoms with Crippen molar-refractivity contribution in [3.8, 4) is 5.75 Å². The van der Waals surface area contributed by atoms with Crippen molar-refractivity contribution in [2.24, 2.45) is 0 Å². The van der Waals surface area contributed by atoms with Gasteiger partial charge in [-0.1, -0.05) is 11.6 Å². The van der Waals surface area contributed by atoms with E-state index in [0.717, 1.165) is 0 Å². The van der Waals surface area contributed by atoms with Crippen molar-refractivity contribution >= 4 is 17.4 Å². The third kappa shape index (κ3) is 3.00. The smallest absolute Gasteiger partial charge is 0.212 e. The summed E-state index contributed by atoms with van der Waals surface area (Å²) in [6, 6.07) is 6.87. The van der Waals surface area contributed by atoms with E-state index in [0.29, 0.717) is 35.2 Å². The number of aromatic nitrogens is 2. The minimum atomic E-state index is -0.175. The number of halogens is 1. The molecular formula is C14H15ClN2O3. The van der Waals surface area contributed by atoms with Crippen molar-refractivity contribution < 1.29 is 14.3 Å². The molecule has 5 nitrogen and oxygen atoms in total. The maximum absolute atomic E-state index is 12.5. The Morgan fingerprint density at radius 1 is 1.30 bits per heavy atom. The number of carbonyl (C=O) groups is 1. The predicted molar refractivity (Wildman–Crippen MR) is 75.5 cm³/mol. The van der Waals surface area contributed by atoms with Gasteiger partial charge >= 0.3 is 0 Å². The number of ketones is 1. The molecule has 0 bridgehead atoms. The number of hydrogen-bond acceptors (Lipinski definition) is 4. The van der Waals surface area contributed by atoms with Crippen LogP contribution in [0.25, 0.3) is 0 Å². The van der Waals surface area contributed by atoms with Gasteiger partial charge < -0.3 is 9.47 Å². The fourth-order valence-corrected chi connectivity index (χ4v) is 2.04. The molecule has 0 aliphatic rings. The van der Waals surface area contributed by atoms with Gasteiger partial charge in [0.05, 0.1) is 31.5 Å². The van der Waals surface area contributed by atoms with E-state index in [1.807, 2.05) is 0 Å². The minimum Gasteiger partial charge on any atom is -0.497 e. The van der Waals surface area contributed by atoms with Crippen molar-refractivity contribution in [1.82, 2.24) is 9.78 Å². The van der Waals surface area contributed by atoms with Crippen LogP contribution in [0.15, 0.2) is 30.5 Å². The molecule has 0 fully saturated rings. The van der Waals surface area contributed by atoms with Crippen LogP contribution in [0.2, 0.25) is 5.02 Å². The van der Waals surface area contributed by atoms with E-state index in [4.69, 9.17) is 21.1 Å². The molecule has 0 atom stereocenters. The van der Waals surface area contributed by atoms with Crippen LogP contribution in [0.3, 0.4) is 0 Å². The molecule has 0 radical (unpaired) electrons. The Morgan fingerprint density at radius 3 is 2.60 bits per heavy atom. The molecule has 0 N–H and O–H groups in total. The van der Waals surface area contributed by atoms with E-state index in [2.05, 4.69) is 5.10 Å². The Bertz CT molecular complexity index is 593. The van der Waals surface area contributed by atoms with Gasteiger partial charge in [-0.2, -0.15) is 5.10 Å². The number of ether oxygens (including phenoxy) is 2. The summed E-state index contributed by atoms with van der Waals surface area (Å²) >= 11 is 6.06. The average molecular weight is 295 g/mol. The maximum atomic E-state index is 12.5. The number of nitrogens with zero attached hydrogens (tertiary/aromatic N) is 2. The van der Waals surface area contributed by atoms with Crippen molar-refractivity contribution in [2.45, 2.75) is 6.54 Å². The molecule has 0 amide bonds. The van der Waals surface area contributed by atoms with Gasteiger partial charge in [-0.15, -0.1) is 0 Å². The molecule has 1 aromatic heterocycles. The van der Waals surface area contributed by atoms with Crippen LogP contribution < -0.4 is 4.74 Å². The maximum Gasteiger partial charge on any atom is 0.212 e. The SMILES string of the molecule is COCCn1ncc(Cl)c1C(=O)c1ccc(OC)cc1. The van der Waals surface area contributed by atoms with Gasteiger partial charge in [0.2, 0.25) is 5.78 Å². The summed E-state index contributed by atoms with van der Waals surface area (Å²) in [5, 5.41) is 4.43. The summed E-state index contributed by atoms with van der Waals surface area (Å²) in [6.07, 6.45) is 1.47. The Hall–Kier alpha value is -1.85. The third-order valence-corrected chi connectivity index (χ3v) is 3.15. The van der Waals surface area contributed by atoms with Crippen LogP contribution in [0.1, 0.15) is 16.1 Å². The zero-order valence-electron chi connectivity index (χ0n) is 11.3.